The van der Waals surface area contributed by atoms with Crippen molar-refractivity contribution in [2.75, 3.05) is 0 Å². The first-order valence-corrected chi connectivity index (χ1v) is 10.0. The number of hydrogen-bond donors (Lipinski definition) is 1. The molecule has 2 unspecified atom stereocenters. The molecule has 1 amide bonds. The van der Waals surface area contributed by atoms with E-state index in [1.807, 2.05) is 60.7 Å². The van der Waals surface area contributed by atoms with Gasteiger partial charge >= 0.3 is 0 Å². The number of carbonyl (C=O) groups is 1. The molecule has 0 radical (unpaired) electrons. The van der Waals surface area contributed by atoms with Crippen LogP contribution in [0.15, 0.2) is 96.1 Å². The van der Waals surface area contributed by atoms with Crippen LogP contribution in [0.4, 0.5) is 5.69 Å². The Bertz CT molecular complexity index is 1140. The fourth-order valence-electron chi connectivity index (χ4n) is 3.52. The Labute approximate surface area is 180 Å². The van der Waals surface area contributed by atoms with Crippen LogP contribution in [0.2, 0.25) is 0 Å². The summed E-state index contributed by atoms with van der Waals surface area (Å²) in [5.74, 6) is 0.00262. The highest BCUT2D eigenvalue weighted by Crippen LogP contribution is 2.47. The van der Waals surface area contributed by atoms with Crippen molar-refractivity contribution in [1.82, 2.24) is 5.43 Å². The molecule has 1 saturated carbocycles. The summed E-state index contributed by atoms with van der Waals surface area (Å²) in [4.78, 5) is 23.5. The molecule has 0 saturated heterocycles. The lowest BCUT2D eigenvalue weighted by Gasteiger charge is -2.04. The van der Waals surface area contributed by atoms with Crippen LogP contribution in [0.5, 0.6) is 0 Å². The maximum Gasteiger partial charge on any atom is 0.276 e. The van der Waals surface area contributed by atoms with Gasteiger partial charge in [-0.15, -0.1) is 0 Å². The van der Waals surface area contributed by atoms with Gasteiger partial charge < -0.3 is 0 Å². The topological polar surface area (TPSA) is 84.6 Å². The van der Waals surface area contributed by atoms with Crippen LogP contribution in [0.25, 0.3) is 6.08 Å². The second-order valence-corrected chi connectivity index (χ2v) is 7.35. The lowest BCUT2D eigenvalue weighted by Crippen LogP contribution is -2.21. The SMILES string of the molecule is O=C(N/N=C(\C=C\c1ccccc1[N+](=O)[O-])c1ccccc1)C1CC1c1ccccc1. The summed E-state index contributed by atoms with van der Waals surface area (Å²) in [5.41, 5.74) is 5.64. The van der Waals surface area contributed by atoms with Gasteiger partial charge in [0.15, 0.2) is 0 Å². The molecule has 0 aliphatic heterocycles. The van der Waals surface area contributed by atoms with E-state index in [0.29, 0.717) is 11.3 Å². The number of nitro groups is 1. The van der Waals surface area contributed by atoms with Crippen molar-refractivity contribution in [2.45, 2.75) is 12.3 Å². The Morgan fingerprint density at radius 2 is 1.61 bits per heavy atom. The summed E-state index contributed by atoms with van der Waals surface area (Å²) in [5, 5.41) is 15.6. The van der Waals surface area contributed by atoms with Gasteiger partial charge in [-0.25, -0.2) is 5.43 Å². The monoisotopic (exact) mass is 411 g/mol. The van der Waals surface area contributed by atoms with Gasteiger partial charge in [0, 0.05) is 17.5 Å². The van der Waals surface area contributed by atoms with Crippen molar-refractivity contribution in [1.29, 1.82) is 0 Å². The number of hydrazone groups is 1. The summed E-state index contributed by atoms with van der Waals surface area (Å²) < 4.78 is 0. The Morgan fingerprint density at radius 3 is 2.32 bits per heavy atom. The number of allylic oxidation sites excluding steroid dienone is 1. The van der Waals surface area contributed by atoms with E-state index in [1.165, 1.54) is 6.07 Å². The zero-order valence-electron chi connectivity index (χ0n) is 16.7. The maximum atomic E-state index is 12.6. The summed E-state index contributed by atoms with van der Waals surface area (Å²) in [6.45, 7) is 0. The van der Waals surface area contributed by atoms with E-state index in [0.717, 1.165) is 17.5 Å². The molecule has 0 aromatic heterocycles. The number of nitrogens with zero attached hydrogens (tertiary/aromatic N) is 2. The lowest BCUT2D eigenvalue weighted by molar-refractivity contribution is -0.385. The summed E-state index contributed by atoms with van der Waals surface area (Å²) in [6, 6.07) is 25.9. The van der Waals surface area contributed by atoms with Gasteiger partial charge in [-0.3, -0.25) is 14.9 Å². The first kappa shape index (κ1) is 20.2. The van der Waals surface area contributed by atoms with Crippen molar-refractivity contribution in [3.63, 3.8) is 0 Å². The number of rotatable bonds is 7. The average molecular weight is 411 g/mol. The molecule has 6 nitrogen and oxygen atoms in total. The van der Waals surface area contributed by atoms with Gasteiger partial charge in [-0.1, -0.05) is 72.8 Å². The van der Waals surface area contributed by atoms with E-state index < -0.39 is 4.92 Å². The minimum Gasteiger partial charge on any atom is -0.273 e. The fourth-order valence-corrected chi connectivity index (χ4v) is 3.52. The van der Waals surface area contributed by atoms with Crippen LogP contribution in [0.3, 0.4) is 0 Å². The molecule has 1 aliphatic carbocycles. The highest BCUT2D eigenvalue weighted by Gasteiger charge is 2.43. The average Bonchev–Trinajstić information content (AvgIpc) is 3.61. The largest absolute Gasteiger partial charge is 0.276 e. The second-order valence-electron chi connectivity index (χ2n) is 7.35. The molecule has 31 heavy (non-hydrogen) atoms. The number of nitrogens with one attached hydrogen (secondary N) is 1. The van der Waals surface area contributed by atoms with E-state index >= 15 is 0 Å². The van der Waals surface area contributed by atoms with E-state index in [2.05, 4.69) is 10.5 Å². The molecule has 4 rings (SSSR count). The molecule has 0 bridgehead atoms. The number of nitro benzene ring substituents is 1. The van der Waals surface area contributed by atoms with Gasteiger partial charge in [0.05, 0.1) is 16.2 Å². The standard InChI is InChI=1S/C25H21N3O3/c29-25(22-17-21(22)18-9-3-1-4-10-18)27-26-23(19-11-5-2-6-12-19)16-15-20-13-7-8-14-24(20)28(30)31/h1-16,21-22H,17H2,(H,27,29)/b16-15+,26-23+. The minimum absolute atomic E-state index is 0.0129. The molecule has 3 aromatic rings. The third kappa shape index (κ3) is 4.93. The van der Waals surface area contributed by atoms with Crippen molar-refractivity contribution < 1.29 is 9.72 Å². The lowest BCUT2D eigenvalue weighted by atomic mass is 10.1. The van der Waals surface area contributed by atoms with Gasteiger partial charge in [0.1, 0.15) is 0 Å². The minimum atomic E-state index is -0.419. The highest BCUT2D eigenvalue weighted by atomic mass is 16.6. The van der Waals surface area contributed by atoms with Crippen LogP contribution >= 0.6 is 0 Å². The van der Waals surface area contributed by atoms with Crippen molar-refractivity contribution >= 4 is 23.4 Å². The van der Waals surface area contributed by atoms with Crippen LogP contribution in [-0.2, 0) is 4.79 Å². The predicted octanol–water partition coefficient (Wildman–Crippen LogP) is 4.93. The normalized spacial score (nSPS) is 18.0. The number of carbonyl (C=O) groups excluding carboxylic acids is 1. The molecular formula is C25H21N3O3. The molecule has 154 valence electrons. The Balaban J connectivity index is 1.53. The van der Waals surface area contributed by atoms with Crippen LogP contribution in [0, 0.1) is 16.0 Å². The van der Waals surface area contributed by atoms with Gasteiger partial charge in [-0.2, -0.15) is 5.10 Å². The Kier molecular flexibility index (Phi) is 5.98. The van der Waals surface area contributed by atoms with E-state index in [9.17, 15) is 14.9 Å². The van der Waals surface area contributed by atoms with Gasteiger partial charge in [0.25, 0.3) is 5.69 Å². The molecule has 1 fully saturated rings. The number of para-hydroxylation sites is 1. The maximum absolute atomic E-state index is 12.6. The summed E-state index contributed by atoms with van der Waals surface area (Å²) in [7, 11) is 0. The zero-order chi connectivity index (χ0) is 21.6. The van der Waals surface area contributed by atoms with Crippen molar-refractivity contribution in [3.8, 4) is 0 Å². The van der Waals surface area contributed by atoms with Crippen LogP contribution in [-0.4, -0.2) is 16.5 Å². The van der Waals surface area contributed by atoms with Gasteiger partial charge in [-0.05, 0) is 36.1 Å². The number of amides is 1. The molecular weight excluding hydrogens is 390 g/mol. The first-order chi connectivity index (χ1) is 15.1. The molecule has 0 heterocycles. The molecule has 6 heteroatoms. The third-order valence-corrected chi connectivity index (χ3v) is 5.27. The molecule has 3 aromatic carbocycles. The highest BCUT2D eigenvalue weighted by molar-refractivity contribution is 6.11. The summed E-state index contributed by atoms with van der Waals surface area (Å²) in [6.07, 6.45) is 4.12. The van der Waals surface area contributed by atoms with Crippen molar-refractivity contribution in [2.24, 2.45) is 11.0 Å². The molecule has 1 N–H and O–H groups in total. The first-order valence-electron chi connectivity index (χ1n) is 10.0. The molecule has 2 atom stereocenters. The summed E-state index contributed by atoms with van der Waals surface area (Å²) >= 11 is 0. The smallest absolute Gasteiger partial charge is 0.273 e. The van der Waals surface area contributed by atoms with E-state index in [4.69, 9.17) is 0 Å². The Hall–Kier alpha value is -4.06. The van der Waals surface area contributed by atoms with E-state index in [-0.39, 0.29) is 23.4 Å². The zero-order valence-corrected chi connectivity index (χ0v) is 16.7. The predicted molar refractivity (Wildman–Crippen MR) is 121 cm³/mol. The number of hydrogen-bond acceptors (Lipinski definition) is 4. The van der Waals surface area contributed by atoms with E-state index in [1.54, 1.807) is 30.4 Å². The molecule has 1 aliphatic rings. The third-order valence-electron chi connectivity index (χ3n) is 5.27. The molecule has 0 spiro atoms. The second kappa shape index (κ2) is 9.17. The van der Waals surface area contributed by atoms with Crippen LogP contribution in [0.1, 0.15) is 29.0 Å². The fraction of sp³-hybridized carbons (Fsp3) is 0.120. The Morgan fingerprint density at radius 1 is 0.968 bits per heavy atom. The van der Waals surface area contributed by atoms with Gasteiger partial charge in [0.2, 0.25) is 5.91 Å². The number of benzene rings is 3. The quantitative estimate of drug-likeness (QED) is 0.340. The van der Waals surface area contributed by atoms with Crippen molar-refractivity contribution in [3.05, 3.63) is 118 Å². The van der Waals surface area contributed by atoms with Crippen LogP contribution < -0.4 is 5.43 Å².